The first-order chi connectivity index (χ1) is 9.22. The van der Waals surface area contributed by atoms with Crippen molar-refractivity contribution in [3.05, 3.63) is 42.1 Å². The molecule has 0 radical (unpaired) electrons. The lowest BCUT2D eigenvalue weighted by atomic mass is 10.1. The predicted molar refractivity (Wildman–Crippen MR) is 71.4 cm³/mol. The number of hydrogen-bond donors (Lipinski definition) is 3. The Bertz CT molecular complexity index is 607. The van der Waals surface area contributed by atoms with Crippen LogP contribution < -0.4 is 16.2 Å². The topological polar surface area (TPSA) is 83.1 Å². The Hall–Kier alpha value is -2.63. The smallest absolute Gasteiger partial charge is 0.333 e. The van der Waals surface area contributed by atoms with E-state index in [1.54, 1.807) is 31.3 Å². The molecule has 0 aliphatic rings. The van der Waals surface area contributed by atoms with Crippen molar-refractivity contribution in [2.24, 2.45) is 0 Å². The Balaban J connectivity index is 2.15. The molecule has 3 N–H and O–H groups in total. The number of nitrogens with one attached hydrogen (secondary N) is 3. The number of hydrazine groups is 1. The van der Waals surface area contributed by atoms with Crippen LogP contribution in [-0.4, -0.2) is 23.5 Å². The van der Waals surface area contributed by atoms with Crippen LogP contribution in [0, 0.1) is 0 Å². The molecule has 3 amide bonds. The lowest BCUT2D eigenvalue weighted by molar-refractivity contribution is 0.0938. The van der Waals surface area contributed by atoms with Crippen molar-refractivity contribution in [2.75, 3.05) is 6.54 Å². The molecule has 0 spiro atoms. The van der Waals surface area contributed by atoms with E-state index >= 15 is 0 Å². The van der Waals surface area contributed by atoms with E-state index in [1.807, 2.05) is 12.1 Å². The molecule has 0 unspecified atom stereocenters. The SMILES string of the molecule is CCNC(=O)NNC(=O)c1cccc2ncccc12. The first kappa shape index (κ1) is 12.8. The molecule has 19 heavy (non-hydrogen) atoms. The highest BCUT2D eigenvalue weighted by molar-refractivity contribution is 6.06. The number of urea groups is 1. The molecule has 0 atom stereocenters. The highest BCUT2D eigenvalue weighted by Gasteiger charge is 2.10. The Morgan fingerprint density at radius 1 is 1.16 bits per heavy atom. The second-order valence-corrected chi connectivity index (χ2v) is 3.81. The molecule has 0 aliphatic heterocycles. The number of nitrogens with zero attached hydrogens (tertiary/aromatic N) is 1. The summed E-state index contributed by atoms with van der Waals surface area (Å²) in [5, 5.41) is 3.25. The lowest BCUT2D eigenvalue weighted by Gasteiger charge is -2.09. The number of amides is 3. The third kappa shape index (κ3) is 2.98. The Kier molecular flexibility index (Phi) is 3.92. The third-order valence-electron chi connectivity index (χ3n) is 2.52. The fourth-order valence-corrected chi connectivity index (χ4v) is 1.69. The Morgan fingerprint density at radius 2 is 2.00 bits per heavy atom. The summed E-state index contributed by atoms with van der Waals surface area (Å²) >= 11 is 0. The molecule has 98 valence electrons. The van der Waals surface area contributed by atoms with Crippen LogP contribution in [0.1, 0.15) is 17.3 Å². The zero-order valence-corrected chi connectivity index (χ0v) is 10.4. The van der Waals surface area contributed by atoms with Crippen molar-refractivity contribution in [2.45, 2.75) is 6.92 Å². The molecule has 1 heterocycles. The average molecular weight is 258 g/mol. The molecule has 2 rings (SSSR count). The predicted octanol–water partition coefficient (Wildman–Crippen LogP) is 1.20. The van der Waals surface area contributed by atoms with Gasteiger partial charge in [0.1, 0.15) is 0 Å². The summed E-state index contributed by atoms with van der Waals surface area (Å²) < 4.78 is 0. The minimum atomic E-state index is -0.450. The van der Waals surface area contributed by atoms with Crippen LogP contribution in [0.15, 0.2) is 36.5 Å². The molecule has 6 heteroatoms. The average Bonchev–Trinajstić information content (AvgIpc) is 2.44. The van der Waals surface area contributed by atoms with Gasteiger partial charge in [0.05, 0.1) is 11.1 Å². The molecule has 0 fully saturated rings. The van der Waals surface area contributed by atoms with E-state index in [2.05, 4.69) is 21.2 Å². The molecule has 0 saturated heterocycles. The van der Waals surface area contributed by atoms with Gasteiger partial charge in [0.15, 0.2) is 0 Å². The number of fused-ring (bicyclic) bond motifs is 1. The van der Waals surface area contributed by atoms with E-state index in [1.165, 1.54) is 0 Å². The van der Waals surface area contributed by atoms with Crippen LogP contribution in [0.25, 0.3) is 10.9 Å². The highest BCUT2D eigenvalue weighted by Crippen LogP contribution is 2.15. The zero-order chi connectivity index (χ0) is 13.7. The van der Waals surface area contributed by atoms with Gasteiger partial charge in [-0.3, -0.25) is 15.2 Å². The van der Waals surface area contributed by atoms with Gasteiger partial charge in [-0.1, -0.05) is 12.1 Å². The van der Waals surface area contributed by atoms with Crippen LogP contribution in [0.3, 0.4) is 0 Å². The molecular formula is C13H14N4O2. The van der Waals surface area contributed by atoms with Crippen molar-refractivity contribution >= 4 is 22.8 Å². The number of pyridine rings is 1. The minimum absolute atomic E-state index is 0.384. The molecule has 1 aromatic heterocycles. The number of benzene rings is 1. The Morgan fingerprint density at radius 3 is 2.79 bits per heavy atom. The first-order valence-electron chi connectivity index (χ1n) is 5.90. The monoisotopic (exact) mass is 258 g/mol. The zero-order valence-electron chi connectivity index (χ0n) is 10.4. The number of carbonyl (C=O) groups excluding carboxylic acids is 2. The standard InChI is InChI=1S/C13H14N4O2/c1-2-14-13(19)17-16-12(18)10-5-3-7-11-9(10)6-4-8-15-11/h3-8H,2H2,1H3,(H,16,18)(H2,14,17,19). The summed E-state index contributed by atoms with van der Waals surface area (Å²) in [5.74, 6) is -0.384. The van der Waals surface area contributed by atoms with Crippen LogP contribution in [0.4, 0.5) is 4.79 Å². The van der Waals surface area contributed by atoms with Crippen LogP contribution in [0.2, 0.25) is 0 Å². The lowest BCUT2D eigenvalue weighted by Crippen LogP contribution is -2.46. The maximum absolute atomic E-state index is 12.0. The summed E-state index contributed by atoms with van der Waals surface area (Å²) in [6.07, 6.45) is 1.66. The normalized spacial score (nSPS) is 9.95. The van der Waals surface area contributed by atoms with Crippen molar-refractivity contribution in [1.29, 1.82) is 0 Å². The van der Waals surface area contributed by atoms with Crippen molar-refractivity contribution in [3.63, 3.8) is 0 Å². The number of rotatable bonds is 2. The van der Waals surface area contributed by atoms with E-state index in [4.69, 9.17) is 0 Å². The molecule has 6 nitrogen and oxygen atoms in total. The second-order valence-electron chi connectivity index (χ2n) is 3.81. The summed E-state index contributed by atoms with van der Waals surface area (Å²) in [5.41, 5.74) is 5.81. The van der Waals surface area contributed by atoms with Gasteiger partial charge in [-0.25, -0.2) is 10.2 Å². The fraction of sp³-hybridized carbons (Fsp3) is 0.154. The molecule has 1 aromatic carbocycles. The van der Waals surface area contributed by atoms with Crippen LogP contribution in [-0.2, 0) is 0 Å². The van der Waals surface area contributed by atoms with E-state index in [0.717, 1.165) is 10.9 Å². The van der Waals surface area contributed by atoms with Gasteiger partial charge >= 0.3 is 6.03 Å². The number of aromatic nitrogens is 1. The largest absolute Gasteiger partial charge is 0.337 e. The van der Waals surface area contributed by atoms with E-state index < -0.39 is 6.03 Å². The first-order valence-corrected chi connectivity index (χ1v) is 5.90. The maximum Gasteiger partial charge on any atom is 0.333 e. The van der Waals surface area contributed by atoms with Gasteiger partial charge in [0.2, 0.25) is 0 Å². The van der Waals surface area contributed by atoms with Gasteiger partial charge in [0.25, 0.3) is 5.91 Å². The van der Waals surface area contributed by atoms with E-state index in [9.17, 15) is 9.59 Å². The minimum Gasteiger partial charge on any atom is -0.337 e. The van der Waals surface area contributed by atoms with Crippen molar-refractivity contribution < 1.29 is 9.59 Å². The second kappa shape index (κ2) is 5.81. The van der Waals surface area contributed by atoms with Crippen LogP contribution in [0.5, 0.6) is 0 Å². The van der Waals surface area contributed by atoms with Gasteiger partial charge < -0.3 is 5.32 Å². The van der Waals surface area contributed by atoms with Gasteiger partial charge in [0, 0.05) is 18.1 Å². The molecular weight excluding hydrogens is 244 g/mol. The summed E-state index contributed by atoms with van der Waals surface area (Å²) in [4.78, 5) is 27.3. The molecule has 0 saturated carbocycles. The van der Waals surface area contributed by atoms with Crippen molar-refractivity contribution in [1.82, 2.24) is 21.2 Å². The summed E-state index contributed by atoms with van der Waals surface area (Å²) in [7, 11) is 0. The fourth-order valence-electron chi connectivity index (χ4n) is 1.69. The molecule has 0 bridgehead atoms. The molecule has 0 aliphatic carbocycles. The van der Waals surface area contributed by atoms with Crippen LogP contribution >= 0.6 is 0 Å². The van der Waals surface area contributed by atoms with Crippen molar-refractivity contribution in [3.8, 4) is 0 Å². The summed E-state index contributed by atoms with van der Waals surface area (Å²) in [6.45, 7) is 2.28. The maximum atomic E-state index is 12.0. The number of hydrogen-bond acceptors (Lipinski definition) is 3. The number of carbonyl (C=O) groups is 2. The van der Waals surface area contributed by atoms with Gasteiger partial charge in [-0.2, -0.15) is 0 Å². The van der Waals surface area contributed by atoms with Gasteiger partial charge in [-0.05, 0) is 25.1 Å². The van der Waals surface area contributed by atoms with E-state index in [0.29, 0.717) is 12.1 Å². The van der Waals surface area contributed by atoms with Gasteiger partial charge in [-0.15, -0.1) is 0 Å². The third-order valence-corrected chi connectivity index (χ3v) is 2.52. The Labute approximate surface area is 110 Å². The molecule has 2 aromatic rings. The quantitative estimate of drug-likeness (QED) is 0.708. The van der Waals surface area contributed by atoms with E-state index in [-0.39, 0.29) is 5.91 Å². The highest BCUT2D eigenvalue weighted by atomic mass is 16.2. The summed E-state index contributed by atoms with van der Waals surface area (Å²) in [6, 6.07) is 8.37.